The summed E-state index contributed by atoms with van der Waals surface area (Å²) < 4.78 is 0. The summed E-state index contributed by atoms with van der Waals surface area (Å²) in [6.07, 6.45) is 4.98. The first-order valence-electron chi connectivity index (χ1n) is 5.84. The minimum absolute atomic E-state index is 0.0766. The van der Waals surface area contributed by atoms with Crippen LogP contribution >= 0.6 is 11.6 Å². The summed E-state index contributed by atoms with van der Waals surface area (Å²) in [6.45, 7) is 1.90. The van der Waals surface area contributed by atoms with E-state index in [0.717, 1.165) is 25.9 Å². The van der Waals surface area contributed by atoms with Gasteiger partial charge in [0, 0.05) is 23.7 Å². The van der Waals surface area contributed by atoms with Crippen molar-refractivity contribution in [3.8, 4) is 0 Å². The highest BCUT2D eigenvalue weighted by atomic mass is 35.5. The Morgan fingerprint density at radius 2 is 1.82 bits per heavy atom. The van der Waals surface area contributed by atoms with Crippen molar-refractivity contribution in [2.24, 2.45) is 5.10 Å². The van der Waals surface area contributed by atoms with Crippen LogP contribution < -0.4 is 0 Å². The second kappa shape index (κ2) is 5.82. The molecule has 0 atom stereocenters. The van der Waals surface area contributed by atoms with Crippen LogP contribution in [0.25, 0.3) is 0 Å². The van der Waals surface area contributed by atoms with Gasteiger partial charge >= 0.3 is 0 Å². The molecule has 1 aliphatic rings. The Morgan fingerprint density at radius 3 is 2.47 bits per heavy atom. The number of halogens is 1. The van der Waals surface area contributed by atoms with Crippen LogP contribution in [0.4, 0.5) is 0 Å². The maximum atomic E-state index is 11.8. The first-order chi connectivity index (χ1) is 8.25. The topological polar surface area (TPSA) is 32.7 Å². The second-order valence-corrected chi connectivity index (χ2v) is 4.57. The van der Waals surface area contributed by atoms with Crippen molar-refractivity contribution in [2.75, 3.05) is 13.1 Å². The summed E-state index contributed by atoms with van der Waals surface area (Å²) in [5, 5.41) is 6.80. The van der Waals surface area contributed by atoms with Gasteiger partial charge in [-0.2, -0.15) is 5.10 Å². The van der Waals surface area contributed by atoms with Crippen molar-refractivity contribution >= 4 is 23.6 Å². The largest absolute Gasteiger partial charge is 0.297 e. The zero-order chi connectivity index (χ0) is 12.1. The van der Waals surface area contributed by atoms with Gasteiger partial charge in [0.15, 0.2) is 0 Å². The van der Waals surface area contributed by atoms with E-state index in [2.05, 4.69) is 5.10 Å². The molecule has 0 aromatic heterocycles. The van der Waals surface area contributed by atoms with Gasteiger partial charge in [0.2, 0.25) is 5.78 Å². The highest BCUT2D eigenvalue weighted by Crippen LogP contribution is 2.10. The monoisotopic (exact) mass is 250 g/mol. The third-order valence-electron chi connectivity index (χ3n) is 2.80. The highest BCUT2D eigenvalue weighted by Gasteiger charge is 2.07. The van der Waals surface area contributed by atoms with E-state index < -0.39 is 0 Å². The molecule has 0 saturated carbocycles. The zero-order valence-electron chi connectivity index (χ0n) is 9.60. The number of carbonyl (C=O) groups excluding carboxylic acids is 1. The van der Waals surface area contributed by atoms with Gasteiger partial charge in [-0.15, -0.1) is 0 Å². The van der Waals surface area contributed by atoms with Gasteiger partial charge in [0.05, 0.1) is 6.21 Å². The molecule has 1 aromatic rings. The molecule has 90 valence electrons. The lowest BCUT2D eigenvalue weighted by Crippen LogP contribution is -2.25. The van der Waals surface area contributed by atoms with Gasteiger partial charge in [-0.3, -0.25) is 9.80 Å². The molecular formula is C13H15ClN2O. The van der Waals surface area contributed by atoms with Gasteiger partial charge in [-0.1, -0.05) is 11.6 Å². The van der Waals surface area contributed by atoms with E-state index in [4.69, 9.17) is 11.6 Å². The minimum atomic E-state index is -0.0766. The predicted molar refractivity (Wildman–Crippen MR) is 69.7 cm³/mol. The second-order valence-electron chi connectivity index (χ2n) is 4.13. The maximum Gasteiger partial charge on any atom is 0.205 e. The number of rotatable bonds is 3. The van der Waals surface area contributed by atoms with E-state index in [0.29, 0.717) is 10.6 Å². The lowest BCUT2D eigenvalue weighted by Gasteiger charge is -2.22. The summed E-state index contributed by atoms with van der Waals surface area (Å²) >= 11 is 5.76. The zero-order valence-corrected chi connectivity index (χ0v) is 10.4. The molecule has 17 heavy (non-hydrogen) atoms. The van der Waals surface area contributed by atoms with Crippen molar-refractivity contribution in [2.45, 2.75) is 19.3 Å². The van der Waals surface area contributed by atoms with Crippen molar-refractivity contribution in [3.05, 3.63) is 34.9 Å². The fourth-order valence-corrected chi connectivity index (χ4v) is 1.94. The third-order valence-corrected chi connectivity index (χ3v) is 3.05. The normalized spacial score (nSPS) is 16.4. The number of carbonyl (C=O) groups is 1. The molecule has 1 aromatic carbocycles. The molecule has 0 unspecified atom stereocenters. The van der Waals surface area contributed by atoms with Gasteiger partial charge in [0.1, 0.15) is 0 Å². The summed E-state index contributed by atoms with van der Waals surface area (Å²) in [7, 11) is 0. The van der Waals surface area contributed by atoms with Crippen LogP contribution in [0.2, 0.25) is 5.02 Å². The number of Topliss-reactive ketones (excluding diaryl/α,β-unsaturated/α-hetero) is 1. The molecule has 0 N–H and O–H groups in total. The van der Waals surface area contributed by atoms with E-state index in [-0.39, 0.29) is 5.78 Å². The minimum Gasteiger partial charge on any atom is -0.297 e. The third kappa shape index (κ3) is 3.56. The molecule has 4 heteroatoms. The lowest BCUT2D eigenvalue weighted by atomic mass is 10.1. The molecule has 1 saturated heterocycles. The quantitative estimate of drug-likeness (QED) is 0.610. The Labute approximate surface area is 106 Å². The number of ketones is 1. The molecule has 0 spiro atoms. The Morgan fingerprint density at radius 1 is 1.18 bits per heavy atom. The van der Waals surface area contributed by atoms with E-state index in [1.807, 2.05) is 5.01 Å². The molecular weight excluding hydrogens is 236 g/mol. The number of piperidine rings is 1. The molecule has 0 aliphatic carbocycles. The summed E-state index contributed by atoms with van der Waals surface area (Å²) in [5.74, 6) is -0.0766. The molecule has 2 rings (SSSR count). The van der Waals surface area contributed by atoms with Crippen LogP contribution in [0.1, 0.15) is 29.6 Å². The molecule has 0 bridgehead atoms. The molecule has 0 amide bonds. The Kier molecular flexibility index (Phi) is 4.15. The number of hydrogen-bond donors (Lipinski definition) is 0. The molecule has 0 radical (unpaired) electrons. The SMILES string of the molecule is O=C(/C=N/N1CCCCC1)c1ccc(Cl)cc1. The van der Waals surface area contributed by atoms with E-state index in [9.17, 15) is 4.79 Å². The van der Waals surface area contributed by atoms with Crippen LogP contribution in [0.5, 0.6) is 0 Å². The van der Waals surface area contributed by atoms with E-state index >= 15 is 0 Å². The molecule has 1 heterocycles. The lowest BCUT2D eigenvalue weighted by molar-refractivity contribution is 0.106. The first kappa shape index (κ1) is 12.1. The van der Waals surface area contributed by atoms with E-state index in [1.165, 1.54) is 12.6 Å². The maximum absolute atomic E-state index is 11.8. The predicted octanol–water partition coefficient (Wildman–Crippen LogP) is 2.99. The fraction of sp³-hybridized carbons (Fsp3) is 0.385. The number of hydrazone groups is 1. The van der Waals surface area contributed by atoms with Crippen LogP contribution in [-0.4, -0.2) is 30.1 Å². The smallest absolute Gasteiger partial charge is 0.205 e. The molecule has 1 aliphatic heterocycles. The number of hydrogen-bond acceptors (Lipinski definition) is 3. The Bertz CT molecular complexity index is 408. The summed E-state index contributed by atoms with van der Waals surface area (Å²) in [4.78, 5) is 11.8. The van der Waals surface area contributed by atoms with Crippen molar-refractivity contribution in [1.82, 2.24) is 5.01 Å². The first-order valence-corrected chi connectivity index (χ1v) is 6.22. The number of benzene rings is 1. The summed E-state index contributed by atoms with van der Waals surface area (Å²) in [5.41, 5.74) is 0.621. The van der Waals surface area contributed by atoms with E-state index in [1.54, 1.807) is 24.3 Å². The average Bonchev–Trinajstić information content (AvgIpc) is 2.38. The standard InChI is InChI=1S/C13H15ClN2O/c14-12-6-4-11(5-7-12)13(17)10-15-16-8-2-1-3-9-16/h4-7,10H,1-3,8-9H2/b15-10+. The average molecular weight is 251 g/mol. The van der Waals surface area contributed by atoms with Crippen molar-refractivity contribution < 1.29 is 4.79 Å². The molecule has 3 nitrogen and oxygen atoms in total. The van der Waals surface area contributed by atoms with Gasteiger partial charge in [-0.05, 0) is 43.5 Å². The van der Waals surface area contributed by atoms with Crippen LogP contribution in [0.15, 0.2) is 29.4 Å². The summed E-state index contributed by atoms with van der Waals surface area (Å²) in [6, 6.07) is 6.85. The van der Waals surface area contributed by atoms with Gasteiger partial charge in [-0.25, -0.2) is 0 Å². The van der Waals surface area contributed by atoms with Crippen molar-refractivity contribution in [1.29, 1.82) is 0 Å². The van der Waals surface area contributed by atoms with Gasteiger partial charge < -0.3 is 0 Å². The fourth-order valence-electron chi connectivity index (χ4n) is 1.82. The Balaban J connectivity index is 1.96. The van der Waals surface area contributed by atoms with Gasteiger partial charge in [0.25, 0.3) is 0 Å². The highest BCUT2D eigenvalue weighted by molar-refractivity contribution is 6.35. The van der Waals surface area contributed by atoms with Crippen molar-refractivity contribution in [3.63, 3.8) is 0 Å². The molecule has 1 fully saturated rings. The van der Waals surface area contributed by atoms with Crippen LogP contribution in [-0.2, 0) is 0 Å². The van der Waals surface area contributed by atoms with Crippen LogP contribution in [0, 0.1) is 0 Å². The van der Waals surface area contributed by atoms with Crippen LogP contribution in [0.3, 0.4) is 0 Å². The Hall–Kier alpha value is -1.35. The number of nitrogens with zero attached hydrogens (tertiary/aromatic N) is 2.